The van der Waals surface area contributed by atoms with E-state index in [0.29, 0.717) is 22.1 Å². The largest absolute Gasteiger partial charge is 0.456 e. The maximum Gasteiger partial charge on any atom is 0.329 e. The molecule has 4 aromatic rings. The summed E-state index contributed by atoms with van der Waals surface area (Å²) in [6.07, 6.45) is 0. The zero-order valence-electron chi connectivity index (χ0n) is 14.5. The summed E-state index contributed by atoms with van der Waals surface area (Å²) in [5, 5.41) is 0.638. The molecule has 0 fully saturated rings. The minimum Gasteiger partial charge on any atom is -0.456 e. The Morgan fingerprint density at radius 3 is 2.57 bits per heavy atom. The van der Waals surface area contributed by atoms with Crippen LogP contribution in [-0.2, 0) is 6.54 Å². The highest BCUT2D eigenvalue weighted by Gasteiger charge is 2.11. The molecule has 1 N–H and O–H groups in total. The number of fused-ring (bicyclic) bond motifs is 1. The Kier molecular flexibility index (Phi) is 4.71. The van der Waals surface area contributed by atoms with Gasteiger partial charge >= 0.3 is 5.69 Å². The maximum absolute atomic E-state index is 13.4. The lowest BCUT2D eigenvalue weighted by Crippen LogP contribution is -2.35. The second kappa shape index (κ2) is 7.32. The molecule has 0 amide bonds. The predicted octanol–water partition coefficient (Wildman–Crippen LogP) is 4.32. The molecule has 0 atom stereocenters. The normalized spacial score (nSPS) is 10.9. The summed E-state index contributed by atoms with van der Waals surface area (Å²) in [4.78, 5) is 27.5. The van der Waals surface area contributed by atoms with Gasteiger partial charge in [0.2, 0.25) is 0 Å². The molecule has 4 rings (SSSR count). The van der Waals surface area contributed by atoms with Crippen molar-refractivity contribution in [3.8, 4) is 11.5 Å². The van der Waals surface area contributed by atoms with E-state index in [1.165, 1.54) is 12.1 Å². The minimum absolute atomic E-state index is 0.0177. The van der Waals surface area contributed by atoms with Crippen LogP contribution in [0.15, 0.2) is 76.3 Å². The van der Waals surface area contributed by atoms with Gasteiger partial charge < -0.3 is 9.72 Å². The summed E-state index contributed by atoms with van der Waals surface area (Å²) in [7, 11) is 0. The number of nitrogens with zero attached hydrogens (tertiary/aromatic N) is 1. The van der Waals surface area contributed by atoms with E-state index in [1.54, 1.807) is 30.3 Å². The lowest BCUT2D eigenvalue weighted by molar-refractivity contribution is 0.482. The molecule has 28 heavy (non-hydrogen) atoms. The Bertz CT molecular complexity index is 1280. The van der Waals surface area contributed by atoms with E-state index in [-0.39, 0.29) is 17.4 Å². The first kappa shape index (κ1) is 18.0. The molecule has 7 heteroatoms. The van der Waals surface area contributed by atoms with E-state index in [2.05, 4.69) is 4.98 Å². The molecule has 5 nitrogen and oxygen atoms in total. The summed E-state index contributed by atoms with van der Waals surface area (Å²) in [5.41, 5.74) is -0.303. The first-order chi connectivity index (χ1) is 13.5. The van der Waals surface area contributed by atoms with Crippen LogP contribution >= 0.6 is 11.6 Å². The van der Waals surface area contributed by atoms with Crippen molar-refractivity contribution in [3.05, 3.63) is 104 Å². The molecule has 0 saturated heterocycles. The first-order valence-electron chi connectivity index (χ1n) is 8.45. The van der Waals surface area contributed by atoms with Crippen LogP contribution in [0.5, 0.6) is 11.5 Å². The SMILES string of the molecule is O=c1[nH]c2cc(F)ccc2c(=O)n1Cc1ccc(Cl)c(Oc2ccccc2)c1. The number of aromatic amines is 1. The fourth-order valence-corrected chi connectivity index (χ4v) is 3.05. The van der Waals surface area contributed by atoms with Crippen molar-refractivity contribution >= 4 is 22.5 Å². The number of hydrogen-bond acceptors (Lipinski definition) is 3. The Morgan fingerprint density at radius 1 is 1.00 bits per heavy atom. The van der Waals surface area contributed by atoms with Crippen LogP contribution in [-0.4, -0.2) is 9.55 Å². The molecular formula is C21H14ClFN2O3. The van der Waals surface area contributed by atoms with E-state index in [0.717, 1.165) is 10.6 Å². The monoisotopic (exact) mass is 396 g/mol. The number of H-pyrrole nitrogens is 1. The summed E-state index contributed by atoms with van der Waals surface area (Å²) >= 11 is 6.21. The third-order valence-electron chi connectivity index (χ3n) is 4.25. The lowest BCUT2D eigenvalue weighted by atomic mass is 10.2. The molecule has 140 valence electrons. The van der Waals surface area contributed by atoms with Gasteiger partial charge in [0.05, 0.1) is 22.5 Å². The minimum atomic E-state index is -0.622. The van der Waals surface area contributed by atoms with E-state index in [4.69, 9.17) is 16.3 Å². The molecule has 0 spiro atoms. The summed E-state index contributed by atoms with van der Waals surface area (Å²) in [6, 6.07) is 17.8. The molecule has 0 unspecified atom stereocenters. The second-order valence-corrected chi connectivity index (χ2v) is 6.60. The van der Waals surface area contributed by atoms with Crippen LogP contribution in [0.25, 0.3) is 10.9 Å². The maximum atomic E-state index is 13.4. The Hall–Kier alpha value is -3.38. The van der Waals surface area contributed by atoms with Crippen molar-refractivity contribution in [3.63, 3.8) is 0 Å². The number of aromatic nitrogens is 2. The fourth-order valence-electron chi connectivity index (χ4n) is 2.89. The van der Waals surface area contributed by atoms with Gasteiger partial charge in [0.15, 0.2) is 0 Å². The zero-order chi connectivity index (χ0) is 19.7. The average Bonchev–Trinajstić information content (AvgIpc) is 2.68. The molecule has 0 aliphatic heterocycles. The van der Waals surface area contributed by atoms with Gasteiger partial charge in [0, 0.05) is 0 Å². The highest BCUT2D eigenvalue weighted by Crippen LogP contribution is 2.30. The van der Waals surface area contributed by atoms with Crippen molar-refractivity contribution in [1.82, 2.24) is 9.55 Å². The standard InChI is InChI=1S/C21H14ClFN2O3/c22-17-9-6-13(10-19(17)28-15-4-2-1-3-5-15)12-25-20(26)16-8-7-14(23)11-18(16)24-21(25)27/h1-11H,12H2,(H,24,27). The van der Waals surface area contributed by atoms with Crippen molar-refractivity contribution < 1.29 is 9.13 Å². The third kappa shape index (κ3) is 3.54. The topological polar surface area (TPSA) is 64.1 Å². The van der Waals surface area contributed by atoms with Gasteiger partial charge in [-0.15, -0.1) is 0 Å². The van der Waals surface area contributed by atoms with Gasteiger partial charge in [-0.05, 0) is 48.0 Å². The molecule has 1 heterocycles. The van der Waals surface area contributed by atoms with E-state index < -0.39 is 17.1 Å². The van der Waals surface area contributed by atoms with Crippen LogP contribution in [0.4, 0.5) is 4.39 Å². The summed E-state index contributed by atoms with van der Waals surface area (Å²) in [6.45, 7) is 0.0177. The second-order valence-electron chi connectivity index (χ2n) is 6.19. The van der Waals surface area contributed by atoms with Gasteiger partial charge in [-0.3, -0.25) is 9.36 Å². The van der Waals surface area contributed by atoms with Crippen LogP contribution in [0.3, 0.4) is 0 Å². The van der Waals surface area contributed by atoms with Crippen molar-refractivity contribution in [2.75, 3.05) is 0 Å². The third-order valence-corrected chi connectivity index (χ3v) is 4.56. The number of para-hydroxylation sites is 1. The number of ether oxygens (including phenoxy) is 1. The van der Waals surface area contributed by atoms with Crippen LogP contribution in [0, 0.1) is 5.82 Å². The number of benzene rings is 3. The van der Waals surface area contributed by atoms with Crippen LogP contribution in [0.2, 0.25) is 5.02 Å². The van der Waals surface area contributed by atoms with E-state index in [9.17, 15) is 14.0 Å². The summed E-state index contributed by atoms with van der Waals surface area (Å²) < 4.78 is 20.2. The Morgan fingerprint density at radius 2 is 1.79 bits per heavy atom. The molecule has 3 aromatic carbocycles. The Labute approximate surface area is 163 Å². The van der Waals surface area contributed by atoms with Crippen molar-refractivity contribution in [2.45, 2.75) is 6.54 Å². The molecule has 0 bridgehead atoms. The summed E-state index contributed by atoms with van der Waals surface area (Å²) in [5.74, 6) is 0.503. The molecule has 0 radical (unpaired) electrons. The molecule has 1 aromatic heterocycles. The van der Waals surface area contributed by atoms with Crippen LogP contribution < -0.4 is 16.0 Å². The number of rotatable bonds is 4. The van der Waals surface area contributed by atoms with Gasteiger partial charge in [0.1, 0.15) is 17.3 Å². The van der Waals surface area contributed by atoms with Gasteiger partial charge in [-0.25, -0.2) is 9.18 Å². The molecule has 0 aliphatic rings. The number of halogens is 2. The smallest absolute Gasteiger partial charge is 0.329 e. The fraction of sp³-hybridized carbons (Fsp3) is 0.0476. The van der Waals surface area contributed by atoms with Crippen molar-refractivity contribution in [2.24, 2.45) is 0 Å². The van der Waals surface area contributed by atoms with Gasteiger partial charge in [0.25, 0.3) is 5.56 Å². The number of nitrogens with one attached hydrogen (secondary N) is 1. The first-order valence-corrected chi connectivity index (χ1v) is 8.83. The Balaban J connectivity index is 1.72. The highest BCUT2D eigenvalue weighted by molar-refractivity contribution is 6.32. The average molecular weight is 397 g/mol. The molecular weight excluding hydrogens is 383 g/mol. The highest BCUT2D eigenvalue weighted by atomic mass is 35.5. The van der Waals surface area contributed by atoms with Gasteiger partial charge in [-0.1, -0.05) is 35.9 Å². The number of hydrogen-bond donors (Lipinski definition) is 1. The predicted molar refractivity (Wildman–Crippen MR) is 106 cm³/mol. The van der Waals surface area contributed by atoms with Crippen molar-refractivity contribution in [1.29, 1.82) is 0 Å². The lowest BCUT2D eigenvalue weighted by Gasteiger charge is -2.11. The van der Waals surface area contributed by atoms with E-state index >= 15 is 0 Å². The quantitative estimate of drug-likeness (QED) is 0.558. The molecule has 0 saturated carbocycles. The van der Waals surface area contributed by atoms with Crippen LogP contribution in [0.1, 0.15) is 5.56 Å². The molecule has 0 aliphatic carbocycles. The van der Waals surface area contributed by atoms with Gasteiger partial charge in [-0.2, -0.15) is 0 Å². The van der Waals surface area contributed by atoms with E-state index in [1.807, 2.05) is 18.2 Å². The zero-order valence-corrected chi connectivity index (χ0v) is 15.2.